The number of alkyl halides is 6. The van der Waals surface area contributed by atoms with Gasteiger partial charge in [0.25, 0.3) is 0 Å². The Morgan fingerprint density at radius 1 is 0.775 bits per heavy atom. The van der Waals surface area contributed by atoms with E-state index < -0.39 is 46.7 Å². The second-order valence-corrected chi connectivity index (χ2v) is 10.8. The molecule has 0 aliphatic carbocycles. The number of nitrogens with zero attached hydrogens (tertiary/aromatic N) is 1. The van der Waals surface area contributed by atoms with Crippen LogP contribution in [0.25, 0.3) is 0 Å². The summed E-state index contributed by atoms with van der Waals surface area (Å²) in [6.45, 7) is 5.31. The minimum Gasteiger partial charge on any atom is -0.350 e. The van der Waals surface area contributed by atoms with E-state index in [0.717, 1.165) is 11.1 Å². The molecule has 3 aromatic rings. The highest BCUT2D eigenvalue weighted by atomic mass is 32.1. The van der Waals surface area contributed by atoms with Gasteiger partial charge in [-0.05, 0) is 47.0 Å². The summed E-state index contributed by atoms with van der Waals surface area (Å²) < 4.78 is 79.8. The van der Waals surface area contributed by atoms with Crippen LogP contribution in [0.2, 0.25) is 0 Å². The fraction of sp³-hybridized carbons (Fsp3) is 0.310. The molecule has 3 aromatic carbocycles. The largest absolute Gasteiger partial charge is 0.416 e. The number of amides is 1. The number of hydrogen-bond donors (Lipinski definition) is 2. The molecule has 0 aromatic heterocycles. The molecule has 0 radical (unpaired) electrons. The Hall–Kier alpha value is -3.60. The van der Waals surface area contributed by atoms with Gasteiger partial charge in [0.05, 0.1) is 17.2 Å². The van der Waals surface area contributed by atoms with Crippen LogP contribution in [0.1, 0.15) is 49.1 Å². The molecule has 1 atom stereocenters. The van der Waals surface area contributed by atoms with E-state index in [1.54, 1.807) is 32.7 Å². The number of likely N-dealkylation sites (N-methyl/N-ethyl adjacent to an activating group) is 1. The number of thiocarbonyl (C=S) groups is 1. The number of rotatable bonds is 6. The molecular weight excluding hydrogens is 552 g/mol. The summed E-state index contributed by atoms with van der Waals surface area (Å²) in [6, 6.07) is 18.3. The van der Waals surface area contributed by atoms with E-state index in [1.807, 2.05) is 60.7 Å². The number of carbonyl (C=O) groups excluding carboxylic acids is 1. The highest BCUT2D eigenvalue weighted by Crippen LogP contribution is 2.38. The minimum absolute atomic E-state index is 0.0331. The molecule has 0 fully saturated rings. The van der Waals surface area contributed by atoms with Gasteiger partial charge in [0.2, 0.25) is 5.91 Å². The van der Waals surface area contributed by atoms with Gasteiger partial charge in [0, 0.05) is 12.7 Å². The Morgan fingerprint density at radius 3 is 1.57 bits per heavy atom. The van der Waals surface area contributed by atoms with E-state index in [-0.39, 0.29) is 17.1 Å². The van der Waals surface area contributed by atoms with E-state index in [9.17, 15) is 31.1 Å². The molecule has 0 aliphatic rings. The van der Waals surface area contributed by atoms with Crippen LogP contribution < -0.4 is 10.6 Å². The smallest absolute Gasteiger partial charge is 0.350 e. The number of nitrogens with one attached hydrogen (secondary N) is 2. The van der Waals surface area contributed by atoms with Crippen LogP contribution in [0.5, 0.6) is 0 Å². The summed E-state index contributed by atoms with van der Waals surface area (Å²) in [5.74, 6) is -0.380. The predicted molar refractivity (Wildman–Crippen MR) is 147 cm³/mol. The van der Waals surface area contributed by atoms with Gasteiger partial charge in [-0.2, -0.15) is 26.3 Å². The maximum Gasteiger partial charge on any atom is 0.416 e. The monoisotopic (exact) mass is 581 g/mol. The number of benzene rings is 3. The van der Waals surface area contributed by atoms with Crippen LogP contribution in [0.4, 0.5) is 32.0 Å². The number of halogens is 6. The third-order valence-electron chi connectivity index (χ3n) is 6.20. The lowest BCUT2D eigenvalue weighted by Gasteiger charge is -2.37. The number of anilines is 1. The Bertz CT molecular complexity index is 1250. The molecule has 3 rings (SSSR count). The normalized spacial score (nSPS) is 13.1. The molecule has 11 heteroatoms. The van der Waals surface area contributed by atoms with Gasteiger partial charge in [-0.25, -0.2) is 0 Å². The van der Waals surface area contributed by atoms with Crippen molar-refractivity contribution < 1.29 is 31.1 Å². The Kier molecular flexibility index (Phi) is 9.18. The summed E-state index contributed by atoms with van der Waals surface area (Å²) in [7, 11) is 1.63. The standard InChI is InChI=1S/C29H29F6N3OS/c1-27(2,3)24(25(39)38(4)23(18-11-7-5-8-12-18)19-13-9-6-10-14-19)37-26(40)36-22-16-20(28(30,31)32)15-21(17-22)29(33,34)35/h5-17,23-24H,1-4H3,(H2,36,37,40)/t24-/m1/s1. The predicted octanol–water partition coefficient (Wildman–Crippen LogP) is 7.67. The van der Waals surface area contributed by atoms with E-state index >= 15 is 0 Å². The summed E-state index contributed by atoms with van der Waals surface area (Å²) in [4.78, 5) is 15.5. The van der Waals surface area contributed by atoms with Crippen LogP contribution in [0.15, 0.2) is 78.9 Å². The Morgan fingerprint density at radius 2 is 1.20 bits per heavy atom. The second kappa shape index (κ2) is 11.9. The molecule has 2 N–H and O–H groups in total. The summed E-state index contributed by atoms with van der Waals surface area (Å²) in [5, 5.41) is 4.93. The molecule has 0 spiro atoms. The molecule has 1 amide bonds. The molecule has 0 heterocycles. The van der Waals surface area contributed by atoms with Gasteiger partial charge >= 0.3 is 12.4 Å². The second-order valence-electron chi connectivity index (χ2n) is 10.4. The van der Waals surface area contributed by atoms with E-state index in [2.05, 4.69) is 10.6 Å². The lowest BCUT2D eigenvalue weighted by atomic mass is 9.85. The van der Waals surface area contributed by atoms with Crippen molar-refractivity contribution in [2.24, 2.45) is 5.41 Å². The van der Waals surface area contributed by atoms with Gasteiger partial charge in [-0.15, -0.1) is 0 Å². The van der Waals surface area contributed by atoms with Gasteiger partial charge in [0.1, 0.15) is 6.04 Å². The zero-order valence-corrected chi connectivity index (χ0v) is 23.0. The average Bonchev–Trinajstić information content (AvgIpc) is 2.86. The van der Waals surface area contributed by atoms with Crippen molar-refractivity contribution in [2.45, 2.75) is 45.2 Å². The average molecular weight is 582 g/mol. The van der Waals surface area contributed by atoms with E-state index in [1.165, 1.54) is 0 Å². The van der Waals surface area contributed by atoms with Crippen molar-refractivity contribution in [2.75, 3.05) is 12.4 Å². The summed E-state index contributed by atoms with van der Waals surface area (Å²) in [5.41, 5.74) is -2.53. The first-order valence-corrected chi connectivity index (χ1v) is 12.6. The highest BCUT2D eigenvalue weighted by Gasteiger charge is 2.38. The van der Waals surface area contributed by atoms with Crippen molar-refractivity contribution in [3.8, 4) is 0 Å². The molecule has 214 valence electrons. The molecule has 0 saturated carbocycles. The zero-order chi connectivity index (χ0) is 29.9. The molecule has 40 heavy (non-hydrogen) atoms. The fourth-order valence-electron chi connectivity index (χ4n) is 4.22. The van der Waals surface area contributed by atoms with Crippen LogP contribution in [-0.4, -0.2) is 29.0 Å². The maximum atomic E-state index is 13.9. The van der Waals surface area contributed by atoms with E-state index in [4.69, 9.17) is 12.2 Å². The van der Waals surface area contributed by atoms with Crippen molar-refractivity contribution >= 4 is 28.9 Å². The Balaban J connectivity index is 1.92. The van der Waals surface area contributed by atoms with Crippen molar-refractivity contribution in [3.05, 3.63) is 101 Å². The molecular formula is C29H29F6N3OS. The first-order valence-electron chi connectivity index (χ1n) is 12.2. The van der Waals surface area contributed by atoms with Crippen LogP contribution in [0, 0.1) is 5.41 Å². The van der Waals surface area contributed by atoms with Crippen LogP contribution in [-0.2, 0) is 17.1 Å². The van der Waals surface area contributed by atoms with Gasteiger partial charge in [-0.3, -0.25) is 4.79 Å². The number of carbonyl (C=O) groups is 1. The number of hydrogen-bond acceptors (Lipinski definition) is 2. The topological polar surface area (TPSA) is 44.4 Å². The van der Waals surface area contributed by atoms with Crippen molar-refractivity contribution in [3.63, 3.8) is 0 Å². The van der Waals surface area contributed by atoms with Crippen molar-refractivity contribution in [1.29, 1.82) is 0 Å². The SMILES string of the molecule is CN(C(=O)[C@@H](NC(=S)Nc1cc(C(F)(F)F)cc(C(F)(F)F)c1)C(C)(C)C)C(c1ccccc1)c1ccccc1. The quantitative estimate of drug-likeness (QED) is 0.232. The molecule has 4 nitrogen and oxygen atoms in total. The summed E-state index contributed by atoms with van der Waals surface area (Å²) >= 11 is 5.26. The van der Waals surface area contributed by atoms with Crippen LogP contribution in [0.3, 0.4) is 0 Å². The third kappa shape index (κ3) is 7.74. The minimum atomic E-state index is -5.01. The third-order valence-corrected chi connectivity index (χ3v) is 6.42. The van der Waals surface area contributed by atoms with E-state index in [0.29, 0.717) is 12.1 Å². The van der Waals surface area contributed by atoms with Crippen LogP contribution >= 0.6 is 12.2 Å². The maximum absolute atomic E-state index is 13.9. The zero-order valence-electron chi connectivity index (χ0n) is 22.2. The Labute approximate surface area is 234 Å². The summed E-state index contributed by atoms with van der Waals surface area (Å²) in [6.07, 6.45) is -10.0. The molecule has 0 saturated heterocycles. The fourth-order valence-corrected chi connectivity index (χ4v) is 4.45. The lowest BCUT2D eigenvalue weighted by Crippen LogP contribution is -2.55. The molecule has 0 bridgehead atoms. The molecule has 0 unspecified atom stereocenters. The lowest BCUT2D eigenvalue weighted by molar-refractivity contribution is -0.143. The first-order chi connectivity index (χ1) is 18.5. The first kappa shape index (κ1) is 30.9. The molecule has 0 aliphatic heterocycles. The van der Waals surface area contributed by atoms with Gasteiger partial charge in [0.15, 0.2) is 5.11 Å². The highest BCUT2D eigenvalue weighted by molar-refractivity contribution is 7.80. The van der Waals surface area contributed by atoms with Crippen molar-refractivity contribution in [1.82, 2.24) is 10.2 Å². The van der Waals surface area contributed by atoms with Gasteiger partial charge in [-0.1, -0.05) is 81.4 Å². The van der Waals surface area contributed by atoms with Gasteiger partial charge < -0.3 is 15.5 Å².